The first-order chi connectivity index (χ1) is 15.9. The largest absolute Gasteiger partial charge is 0.493 e. The van der Waals surface area contributed by atoms with Crippen LogP contribution in [0.3, 0.4) is 0 Å². The number of rotatable bonds is 6. The summed E-state index contributed by atoms with van der Waals surface area (Å²) in [5.74, 6) is -1.93. The van der Waals surface area contributed by atoms with Gasteiger partial charge in [0.15, 0.2) is 11.5 Å². The molecule has 33 heavy (non-hydrogen) atoms. The number of hydrazone groups is 1. The molecule has 0 saturated heterocycles. The lowest BCUT2D eigenvalue weighted by molar-refractivity contribution is -0.136. The van der Waals surface area contributed by atoms with E-state index in [4.69, 9.17) is 21.1 Å². The average molecular weight is 531 g/mol. The highest BCUT2D eigenvalue weighted by Gasteiger charge is 2.14. The number of carbonyl (C=O) groups is 3. The van der Waals surface area contributed by atoms with Crippen LogP contribution in [0.25, 0.3) is 0 Å². The van der Waals surface area contributed by atoms with Gasteiger partial charge in [-0.2, -0.15) is 5.10 Å². The molecule has 10 heteroatoms. The summed E-state index contributed by atoms with van der Waals surface area (Å²) < 4.78 is 11.5. The molecule has 168 valence electrons. The van der Waals surface area contributed by atoms with E-state index in [9.17, 15) is 14.4 Å². The van der Waals surface area contributed by atoms with E-state index < -0.39 is 17.8 Å². The maximum Gasteiger partial charge on any atom is 0.343 e. The van der Waals surface area contributed by atoms with Gasteiger partial charge in [0.1, 0.15) is 0 Å². The third-order valence-corrected chi connectivity index (χ3v) is 4.90. The molecule has 0 spiro atoms. The fourth-order valence-electron chi connectivity index (χ4n) is 2.56. The lowest BCUT2D eigenvalue weighted by Gasteiger charge is -2.10. The second-order valence-electron chi connectivity index (χ2n) is 6.47. The third kappa shape index (κ3) is 6.90. The van der Waals surface area contributed by atoms with Crippen LogP contribution in [-0.2, 0) is 9.59 Å². The first-order valence-electron chi connectivity index (χ1n) is 9.41. The normalized spacial score (nSPS) is 10.5. The van der Waals surface area contributed by atoms with Crippen molar-refractivity contribution in [1.29, 1.82) is 0 Å². The molecule has 0 aromatic heterocycles. The van der Waals surface area contributed by atoms with Crippen LogP contribution in [0.1, 0.15) is 15.9 Å². The minimum Gasteiger partial charge on any atom is -0.493 e. The van der Waals surface area contributed by atoms with Gasteiger partial charge < -0.3 is 14.8 Å². The number of anilines is 1. The van der Waals surface area contributed by atoms with Crippen molar-refractivity contribution >= 4 is 57.2 Å². The highest BCUT2D eigenvalue weighted by Crippen LogP contribution is 2.28. The molecule has 8 nitrogen and oxygen atoms in total. The topological polar surface area (TPSA) is 106 Å². The van der Waals surface area contributed by atoms with Gasteiger partial charge in [-0.25, -0.2) is 10.2 Å². The van der Waals surface area contributed by atoms with Crippen LogP contribution < -0.4 is 20.2 Å². The Morgan fingerprint density at radius 3 is 2.42 bits per heavy atom. The zero-order chi connectivity index (χ0) is 23.8. The minimum absolute atomic E-state index is 0.192. The van der Waals surface area contributed by atoms with Crippen LogP contribution in [0.2, 0.25) is 5.02 Å². The summed E-state index contributed by atoms with van der Waals surface area (Å²) in [4.78, 5) is 36.2. The molecular weight excluding hydrogens is 514 g/mol. The molecule has 0 atom stereocenters. The first-order valence-corrected chi connectivity index (χ1v) is 10.6. The van der Waals surface area contributed by atoms with E-state index in [0.717, 1.165) is 4.47 Å². The minimum atomic E-state index is -0.937. The first kappa shape index (κ1) is 24.0. The third-order valence-electron chi connectivity index (χ3n) is 4.14. The Hall–Kier alpha value is -3.69. The quantitative estimate of drug-likeness (QED) is 0.161. The van der Waals surface area contributed by atoms with Crippen LogP contribution in [0.5, 0.6) is 11.5 Å². The molecule has 3 aromatic carbocycles. The Balaban J connectivity index is 1.60. The number of nitrogens with zero attached hydrogens (tertiary/aromatic N) is 1. The van der Waals surface area contributed by atoms with Crippen molar-refractivity contribution in [1.82, 2.24) is 5.43 Å². The van der Waals surface area contributed by atoms with Crippen LogP contribution in [-0.4, -0.2) is 31.1 Å². The van der Waals surface area contributed by atoms with Gasteiger partial charge in [0.05, 0.1) is 18.9 Å². The Morgan fingerprint density at radius 2 is 1.73 bits per heavy atom. The summed E-state index contributed by atoms with van der Waals surface area (Å²) in [6.07, 6.45) is 1.32. The zero-order valence-corrected chi connectivity index (χ0v) is 19.5. The van der Waals surface area contributed by atoms with Gasteiger partial charge in [-0.15, -0.1) is 0 Å². The Morgan fingerprint density at radius 1 is 0.970 bits per heavy atom. The van der Waals surface area contributed by atoms with E-state index in [-0.39, 0.29) is 11.5 Å². The molecule has 0 unspecified atom stereocenters. The number of methoxy groups -OCH3 is 1. The highest BCUT2D eigenvalue weighted by atomic mass is 79.9. The number of hydrogen-bond acceptors (Lipinski definition) is 6. The van der Waals surface area contributed by atoms with Crippen molar-refractivity contribution < 1.29 is 23.9 Å². The summed E-state index contributed by atoms with van der Waals surface area (Å²) in [6.45, 7) is 0. The number of ether oxygens (including phenoxy) is 2. The standard InChI is InChI=1S/C23H17BrClN3O5/c1-32-20-11-14(5-10-19(20)33-23(31)15-3-2-4-17(25)12-15)13-26-28-22(30)21(29)27-18-8-6-16(24)7-9-18/h2-13H,1H3,(H,27,29)(H,28,30)/b26-13+. The molecule has 2 amide bonds. The number of halogens is 2. The van der Waals surface area contributed by atoms with Gasteiger partial charge in [-0.3, -0.25) is 9.59 Å². The molecule has 0 aliphatic heterocycles. The lowest BCUT2D eigenvalue weighted by atomic mass is 10.2. The Labute approximate surface area is 202 Å². The molecule has 0 bridgehead atoms. The summed E-state index contributed by atoms with van der Waals surface area (Å²) in [5.41, 5.74) is 3.43. The molecule has 0 aliphatic rings. The second-order valence-corrected chi connectivity index (χ2v) is 7.82. The van der Waals surface area contributed by atoms with Crippen LogP contribution in [0, 0.1) is 0 Å². The molecule has 2 N–H and O–H groups in total. The molecular formula is C23H17BrClN3O5. The summed E-state index contributed by atoms with van der Waals surface area (Å²) in [7, 11) is 1.42. The maximum atomic E-state index is 12.3. The van der Waals surface area contributed by atoms with Crippen LogP contribution in [0.4, 0.5) is 5.69 Å². The van der Waals surface area contributed by atoms with Gasteiger partial charge in [-0.05, 0) is 66.2 Å². The number of carbonyl (C=O) groups excluding carboxylic acids is 3. The van der Waals surface area contributed by atoms with Crippen molar-refractivity contribution in [3.63, 3.8) is 0 Å². The van der Waals surface area contributed by atoms with Crippen molar-refractivity contribution in [3.05, 3.63) is 87.4 Å². The van der Waals surface area contributed by atoms with Gasteiger partial charge in [0, 0.05) is 15.2 Å². The number of nitrogens with one attached hydrogen (secondary N) is 2. The summed E-state index contributed by atoms with van der Waals surface area (Å²) >= 11 is 9.19. The van der Waals surface area contributed by atoms with Crippen molar-refractivity contribution in [2.45, 2.75) is 0 Å². The van der Waals surface area contributed by atoms with E-state index in [1.807, 2.05) is 0 Å². The monoisotopic (exact) mass is 529 g/mol. The van der Waals surface area contributed by atoms with Crippen LogP contribution >= 0.6 is 27.5 Å². The maximum absolute atomic E-state index is 12.3. The van der Waals surface area contributed by atoms with Crippen LogP contribution in [0.15, 0.2) is 76.3 Å². The van der Waals surface area contributed by atoms with Crippen molar-refractivity contribution in [3.8, 4) is 11.5 Å². The van der Waals surface area contributed by atoms with E-state index in [1.165, 1.54) is 25.5 Å². The molecule has 3 rings (SSSR count). The molecule has 0 radical (unpaired) electrons. The zero-order valence-electron chi connectivity index (χ0n) is 17.2. The van der Waals surface area contributed by atoms with E-state index in [0.29, 0.717) is 21.8 Å². The predicted molar refractivity (Wildman–Crippen MR) is 128 cm³/mol. The van der Waals surface area contributed by atoms with Gasteiger partial charge in [0.25, 0.3) is 0 Å². The molecule has 0 aliphatic carbocycles. The second kappa shape index (κ2) is 11.3. The molecule has 3 aromatic rings. The average Bonchev–Trinajstić information content (AvgIpc) is 2.81. The number of esters is 1. The fourth-order valence-corrected chi connectivity index (χ4v) is 3.01. The summed E-state index contributed by atoms with van der Waals surface area (Å²) in [6, 6.07) is 17.8. The van der Waals surface area contributed by atoms with Gasteiger partial charge in [0.2, 0.25) is 0 Å². The highest BCUT2D eigenvalue weighted by molar-refractivity contribution is 9.10. The lowest BCUT2D eigenvalue weighted by Crippen LogP contribution is -2.32. The fraction of sp³-hybridized carbons (Fsp3) is 0.0435. The summed E-state index contributed by atoms with van der Waals surface area (Å²) in [5, 5.41) is 6.64. The van der Waals surface area contributed by atoms with Crippen molar-refractivity contribution in [2.75, 3.05) is 12.4 Å². The number of amides is 2. The Bertz CT molecular complexity index is 1210. The molecule has 0 heterocycles. The Kier molecular flexibility index (Phi) is 8.17. The molecule has 0 fully saturated rings. The van der Waals surface area contributed by atoms with Gasteiger partial charge >= 0.3 is 17.8 Å². The van der Waals surface area contributed by atoms with Gasteiger partial charge in [-0.1, -0.05) is 33.6 Å². The number of hydrogen-bond donors (Lipinski definition) is 2. The molecule has 0 saturated carbocycles. The van der Waals surface area contributed by atoms with E-state index in [2.05, 4.69) is 31.8 Å². The predicted octanol–water partition coefficient (Wildman–Crippen LogP) is 4.42. The smallest absolute Gasteiger partial charge is 0.343 e. The SMILES string of the molecule is COc1cc(/C=N/NC(=O)C(=O)Nc2ccc(Br)cc2)ccc1OC(=O)c1cccc(Cl)c1. The van der Waals surface area contributed by atoms with E-state index >= 15 is 0 Å². The number of benzene rings is 3. The van der Waals surface area contributed by atoms with Crippen molar-refractivity contribution in [2.24, 2.45) is 5.10 Å². The van der Waals surface area contributed by atoms with E-state index in [1.54, 1.807) is 54.6 Å².